The highest BCUT2D eigenvalue weighted by molar-refractivity contribution is 5.84. The maximum Gasteiger partial charge on any atom is 0.170 e. The summed E-state index contributed by atoms with van der Waals surface area (Å²) in [5.41, 5.74) is 1.39. The van der Waals surface area contributed by atoms with Crippen molar-refractivity contribution in [1.82, 2.24) is 9.78 Å². The summed E-state index contributed by atoms with van der Waals surface area (Å²) in [4.78, 5) is 0. The van der Waals surface area contributed by atoms with Crippen LogP contribution in [-0.4, -0.2) is 21.0 Å². The van der Waals surface area contributed by atoms with Crippen molar-refractivity contribution in [3.05, 3.63) is 30.0 Å². The van der Waals surface area contributed by atoms with Crippen LogP contribution in [0.25, 0.3) is 10.9 Å². The third-order valence-corrected chi connectivity index (χ3v) is 3.73. The Kier molecular flexibility index (Phi) is 2.77. The van der Waals surface area contributed by atoms with Gasteiger partial charge in [0.2, 0.25) is 0 Å². The molecule has 0 unspecified atom stereocenters. The Morgan fingerprint density at radius 3 is 2.83 bits per heavy atom. The lowest BCUT2D eigenvalue weighted by molar-refractivity contribution is 0.0716. The molecule has 1 saturated carbocycles. The number of rotatable bonds is 1. The van der Waals surface area contributed by atoms with Crippen LogP contribution >= 0.6 is 0 Å². The molecule has 18 heavy (non-hydrogen) atoms. The zero-order chi connectivity index (χ0) is 12.5. The highest BCUT2D eigenvalue weighted by Gasteiger charge is 2.27. The SMILES string of the molecule is N#Cc1nn([C@H]2CCCC[C@@H]2O)c2ccccc12. The molecule has 1 heterocycles. The molecule has 1 aromatic carbocycles. The molecule has 1 aromatic heterocycles. The number of hydrogen-bond donors (Lipinski definition) is 1. The van der Waals surface area contributed by atoms with E-state index in [2.05, 4.69) is 11.2 Å². The molecule has 92 valence electrons. The minimum atomic E-state index is -0.353. The predicted octanol–water partition coefficient (Wildman–Crippen LogP) is 2.38. The van der Waals surface area contributed by atoms with E-state index in [1.54, 1.807) is 0 Å². The first-order chi connectivity index (χ1) is 8.81. The molecular formula is C14H15N3O. The van der Waals surface area contributed by atoms with Gasteiger partial charge in [0.25, 0.3) is 0 Å². The Morgan fingerprint density at radius 1 is 1.28 bits per heavy atom. The van der Waals surface area contributed by atoms with Crippen LogP contribution in [0.5, 0.6) is 0 Å². The van der Waals surface area contributed by atoms with E-state index in [0.29, 0.717) is 5.69 Å². The zero-order valence-electron chi connectivity index (χ0n) is 10.1. The first-order valence-corrected chi connectivity index (χ1v) is 6.36. The van der Waals surface area contributed by atoms with Crippen LogP contribution in [-0.2, 0) is 0 Å². The number of fused-ring (bicyclic) bond motifs is 1. The number of nitriles is 1. The van der Waals surface area contributed by atoms with Crippen LogP contribution in [0.3, 0.4) is 0 Å². The molecule has 0 bridgehead atoms. The fourth-order valence-electron chi connectivity index (χ4n) is 2.80. The summed E-state index contributed by atoms with van der Waals surface area (Å²) in [5, 5.41) is 24.5. The van der Waals surface area contributed by atoms with Crippen molar-refractivity contribution in [2.75, 3.05) is 0 Å². The largest absolute Gasteiger partial charge is 0.391 e. The summed E-state index contributed by atoms with van der Waals surface area (Å²) < 4.78 is 1.84. The molecule has 0 radical (unpaired) electrons. The standard InChI is InChI=1S/C14H15N3O/c15-9-11-10-5-1-2-6-12(10)17(16-11)13-7-3-4-8-14(13)18/h1-2,5-6,13-14,18H,3-4,7-8H2/t13-,14-/m0/s1. The van der Waals surface area contributed by atoms with E-state index < -0.39 is 0 Å². The van der Waals surface area contributed by atoms with E-state index in [1.165, 1.54) is 0 Å². The third kappa shape index (κ3) is 1.68. The number of aromatic nitrogens is 2. The van der Waals surface area contributed by atoms with Gasteiger partial charge in [0, 0.05) is 5.39 Å². The third-order valence-electron chi connectivity index (χ3n) is 3.73. The Hall–Kier alpha value is -1.86. The molecule has 1 aliphatic rings. The smallest absolute Gasteiger partial charge is 0.170 e. The van der Waals surface area contributed by atoms with Gasteiger partial charge in [-0.2, -0.15) is 10.4 Å². The van der Waals surface area contributed by atoms with Gasteiger partial charge in [-0.1, -0.05) is 25.0 Å². The number of hydrogen-bond acceptors (Lipinski definition) is 3. The predicted molar refractivity (Wildman–Crippen MR) is 68.0 cm³/mol. The highest BCUT2D eigenvalue weighted by atomic mass is 16.3. The van der Waals surface area contributed by atoms with Crippen LogP contribution in [0, 0.1) is 11.3 Å². The van der Waals surface area contributed by atoms with Crippen molar-refractivity contribution in [3.63, 3.8) is 0 Å². The van der Waals surface area contributed by atoms with Gasteiger partial charge in [-0.15, -0.1) is 0 Å². The van der Waals surface area contributed by atoms with Gasteiger partial charge in [-0.05, 0) is 25.0 Å². The Balaban J connectivity index is 2.14. The molecule has 3 rings (SSSR count). The number of nitrogens with zero attached hydrogens (tertiary/aromatic N) is 3. The normalized spacial score (nSPS) is 24.0. The number of aliphatic hydroxyl groups excluding tert-OH is 1. The number of aliphatic hydroxyl groups is 1. The van der Waals surface area contributed by atoms with Crippen molar-refractivity contribution in [2.24, 2.45) is 0 Å². The quantitative estimate of drug-likeness (QED) is 0.833. The van der Waals surface area contributed by atoms with Crippen molar-refractivity contribution in [3.8, 4) is 6.07 Å². The van der Waals surface area contributed by atoms with E-state index in [0.717, 1.165) is 36.6 Å². The number of benzene rings is 1. The molecule has 0 spiro atoms. The van der Waals surface area contributed by atoms with Crippen molar-refractivity contribution >= 4 is 10.9 Å². The van der Waals surface area contributed by atoms with E-state index in [9.17, 15) is 5.11 Å². The van der Waals surface area contributed by atoms with Gasteiger partial charge < -0.3 is 5.11 Å². The van der Waals surface area contributed by atoms with Crippen LogP contribution < -0.4 is 0 Å². The Labute approximate surface area is 105 Å². The maximum absolute atomic E-state index is 10.1. The lowest BCUT2D eigenvalue weighted by Crippen LogP contribution is -2.28. The molecule has 0 saturated heterocycles. The first-order valence-electron chi connectivity index (χ1n) is 6.36. The monoisotopic (exact) mass is 241 g/mol. The molecule has 1 N–H and O–H groups in total. The average molecular weight is 241 g/mol. The first kappa shape index (κ1) is 11.2. The van der Waals surface area contributed by atoms with Crippen molar-refractivity contribution in [2.45, 2.75) is 37.8 Å². The number of para-hydroxylation sites is 1. The molecular weight excluding hydrogens is 226 g/mol. The lowest BCUT2D eigenvalue weighted by Gasteiger charge is -2.28. The van der Waals surface area contributed by atoms with Crippen LogP contribution in [0.4, 0.5) is 0 Å². The van der Waals surface area contributed by atoms with Gasteiger partial charge >= 0.3 is 0 Å². The molecule has 1 fully saturated rings. The minimum Gasteiger partial charge on any atom is -0.391 e. The molecule has 1 aliphatic carbocycles. The Bertz CT molecular complexity index is 611. The van der Waals surface area contributed by atoms with E-state index in [4.69, 9.17) is 5.26 Å². The second kappa shape index (κ2) is 4.43. The van der Waals surface area contributed by atoms with Crippen LogP contribution in [0.2, 0.25) is 0 Å². The molecule has 4 nitrogen and oxygen atoms in total. The van der Waals surface area contributed by atoms with Gasteiger partial charge in [0.1, 0.15) is 6.07 Å². The van der Waals surface area contributed by atoms with Crippen LogP contribution in [0.15, 0.2) is 24.3 Å². The maximum atomic E-state index is 10.1. The summed E-state index contributed by atoms with van der Waals surface area (Å²) in [6.45, 7) is 0. The minimum absolute atomic E-state index is 0.00532. The summed E-state index contributed by atoms with van der Waals surface area (Å²) >= 11 is 0. The second-order valence-corrected chi connectivity index (χ2v) is 4.84. The van der Waals surface area contributed by atoms with Gasteiger partial charge in [-0.25, -0.2) is 0 Å². The summed E-state index contributed by atoms with van der Waals surface area (Å²) in [6.07, 6.45) is 3.58. The second-order valence-electron chi connectivity index (χ2n) is 4.84. The fourth-order valence-corrected chi connectivity index (χ4v) is 2.80. The average Bonchev–Trinajstić information content (AvgIpc) is 2.78. The van der Waals surface area contributed by atoms with Crippen molar-refractivity contribution < 1.29 is 5.11 Å². The molecule has 2 aromatic rings. The summed E-state index contributed by atoms with van der Waals surface area (Å²) in [6, 6.07) is 9.86. The van der Waals surface area contributed by atoms with Crippen LogP contribution in [0.1, 0.15) is 37.4 Å². The van der Waals surface area contributed by atoms with Gasteiger partial charge in [0.05, 0.1) is 17.7 Å². The molecule has 2 atom stereocenters. The summed E-state index contributed by atoms with van der Waals surface area (Å²) in [7, 11) is 0. The highest BCUT2D eigenvalue weighted by Crippen LogP contribution is 2.31. The topological polar surface area (TPSA) is 61.8 Å². The molecule has 4 heteroatoms. The molecule has 0 aliphatic heterocycles. The van der Waals surface area contributed by atoms with Gasteiger partial charge in [0.15, 0.2) is 5.69 Å². The molecule has 0 amide bonds. The van der Waals surface area contributed by atoms with E-state index in [1.807, 2.05) is 28.9 Å². The van der Waals surface area contributed by atoms with E-state index >= 15 is 0 Å². The zero-order valence-corrected chi connectivity index (χ0v) is 10.1. The lowest BCUT2D eigenvalue weighted by atomic mass is 9.92. The summed E-state index contributed by atoms with van der Waals surface area (Å²) in [5.74, 6) is 0. The fraction of sp³-hybridized carbons (Fsp3) is 0.429. The van der Waals surface area contributed by atoms with E-state index in [-0.39, 0.29) is 12.1 Å². The van der Waals surface area contributed by atoms with Gasteiger partial charge in [-0.3, -0.25) is 4.68 Å². The Morgan fingerprint density at radius 2 is 2.06 bits per heavy atom. The van der Waals surface area contributed by atoms with Crippen molar-refractivity contribution in [1.29, 1.82) is 5.26 Å².